The molecule has 1 unspecified atom stereocenters. The lowest BCUT2D eigenvalue weighted by molar-refractivity contribution is 0.0984. The van der Waals surface area contributed by atoms with Crippen molar-refractivity contribution in [3.63, 3.8) is 0 Å². The first-order chi connectivity index (χ1) is 17.9. The number of fused-ring (bicyclic) bond motifs is 1. The van der Waals surface area contributed by atoms with Crippen LogP contribution in [0.5, 0.6) is 0 Å². The van der Waals surface area contributed by atoms with E-state index in [0.29, 0.717) is 24.5 Å². The monoisotopic (exact) mass is 521 g/mol. The molecule has 0 bridgehead atoms. The number of halogens is 1. The number of nitrogens with zero attached hydrogens (tertiary/aromatic N) is 6. The second-order valence-electron chi connectivity index (χ2n) is 9.69. The predicted octanol–water partition coefficient (Wildman–Crippen LogP) is 3.34. The van der Waals surface area contributed by atoms with E-state index in [2.05, 4.69) is 61.5 Å². The van der Waals surface area contributed by atoms with Gasteiger partial charge >= 0.3 is 0 Å². The number of pyridine rings is 1. The van der Waals surface area contributed by atoms with Crippen molar-refractivity contribution < 1.29 is 4.74 Å². The molecule has 5 rings (SSSR count). The summed E-state index contributed by atoms with van der Waals surface area (Å²) in [5.74, 6) is 0.650. The zero-order valence-corrected chi connectivity index (χ0v) is 22.2. The molecule has 194 valence electrons. The van der Waals surface area contributed by atoms with Crippen LogP contribution >= 0.6 is 11.6 Å². The molecule has 2 aromatic heterocycles. The van der Waals surface area contributed by atoms with Crippen LogP contribution in [0.4, 0.5) is 0 Å². The van der Waals surface area contributed by atoms with Crippen molar-refractivity contribution in [2.45, 2.75) is 33.0 Å². The van der Waals surface area contributed by atoms with E-state index >= 15 is 0 Å². The summed E-state index contributed by atoms with van der Waals surface area (Å²) in [5.41, 5.74) is 4.84. The summed E-state index contributed by atoms with van der Waals surface area (Å²) >= 11 is 6.05. The summed E-state index contributed by atoms with van der Waals surface area (Å²) in [4.78, 5) is 21.4. The van der Waals surface area contributed by atoms with Crippen LogP contribution in [0.2, 0.25) is 5.02 Å². The molecule has 9 nitrogen and oxygen atoms in total. The molecule has 1 aliphatic heterocycles. The molecule has 0 aliphatic carbocycles. The Labute approximate surface area is 221 Å². The van der Waals surface area contributed by atoms with Gasteiger partial charge < -0.3 is 9.72 Å². The van der Waals surface area contributed by atoms with Crippen LogP contribution < -0.4 is 5.56 Å². The highest BCUT2D eigenvalue weighted by molar-refractivity contribution is 6.30. The van der Waals surface area contributed by atoms with E-state index in [1.807, 2.05) is 25.1 Å². The van der Waals surface area contributed by atoms with Crippen LogP contribution in [0.15, 0.2) is 47.3 Å². The average Bonchev–Trinajstić information content (AvgIpc) is 3.34. The second-order valence-corrected chi connectivity index (χ2v) is 10.1. The predicted molar refractivity (Wildman–Crippen MR) is 144 cm³/mol. The van der Waals surface area contributed by atoms with Gasteiger partial charge in [0.05, 0.1) is 18.7 Å². The normalized spacial score (nSPS) is 15.9. The van der Waals surface area contributed by atoms with Crippen LogP contribution in [0.25, 0.3) is 10.9 Å². The van der Waals surface area contributed by atoms with E-state index in [1.54, 1.807) is 11.8 Å². The Hall–Kier alpha value is -3.11. The van der Waals surface area contributed by atoms with E-state index in [4.69, 9.17) is 16.3 Å². The fraction of sp³-hybridized carbons (Fsp3) is 0.407. The fourth-order valence-electron chi connectivity index (χ4n) is 5.18. The number of tetrazole rings is 1. The van der Waals surface area contributed by atoms with Crippen molar-refractivity contribution in [3.05, 3.63) is 85.9 Å². The third-order valence-corrected chi connectivity index (χ3v) is 7.27. The molecular weight excluding hydrogens is 490 g/mol. The number of nitrogens with one attached hydrogen (secondary N) is 1. The Bertz CT molecular complexity index is 1430. The van der Waals surface area contributed by atoms with Gasteiger partial charge in [0.15, 0.2) is 5.82 Å². The maximum absolute atomic E-state index is 13.5. The molecule has 0 amide bonds. The van der Waals surface area contributed by atoms with E-state index < -0.39 is 0 Å². The molecule has 10 heteroatoms. The van der Waals surface area contributed by atoms with Crippen molar-refractivity contribution in [2.75, 3.05) is 39.9 Å². The third-order valence-electron chi connectivity index (χ3n) is 7.02. The van der Waals surface area contributed by atoms with Crippen LogP contribution in [-0.4, -0.2) is 74.9 Å². The largest absolute Gasteiger partial charge is 0.383 e. The molecule has 0 saturated carbocycles. The lowest BCUT2D eigenvalue weighted by atomic mass is 10.00. The molecule has 1 atom stereocenters. The number of aryl methyl sites for hydroxylation is 2. The minimum atomic E-state index is -0.376. The van der Waals surface area contributed by atoms with E-state index in [-0.39, 0.29) is 11.6 Å². The Morgan fingerprint density at radius 1 is 1.08 bits per heavy atom. The van der Waals surface area contributed by atoms with Crippen LogP contribution in [0.3, 0.4) is 0 Å². The highest BCUT2D eigenvalue weighted by Gasteiger charge is 2.32. The van der Waals surface area contributed by atoms with Crippen molar-refractivity contribution >= 4 is 22.5 Å². The second kappa shape index (κ2) is 11.1. The molecule has 1 aliphatic rings. The van der Waals surface area contributed by atoms with Crippen LogP contribution in [0, 0.1) is 13.8 Å². The Morgan fingerprint density at radius 2 is 1.84 bits per heavy atom. The maximum atomic E-state index is 13.5. The van der Waals surface area contributed by atoms with Gasteiger partial charge in [-0.2, -0.15) is 0 Å². The molecule has 37 heavy (non-hydrogen) atoms. The van der Waals surface area contributed by atoms with Crippen LogP contribution in [0.1, 0.15) is 34.1 Å². The fourth-order valence-corrected chi connectivity index (χ4v) is 5.30. The number of benzene rings is 2. The van der Waals surface area contributed by atoms with Gasteiger partial charge in [0.2, 0.25) is 0 Å². The van der Waals surface area contributed by atoms with Gasteiger partial charge in [0.1, 0.15) is 6.04 Å². The zero-order chi connectivity index (χ0) is 25.9. The molecular formula is C27H32ClN7O2. The number of piperazine rings is 1. The zero-order valence-electron chi connectivity index (χ0n) is 21.4. The number of hydrogen-bond donors (Lipinski definition) is 1. The minimum absolute atomic E-state index is 0.116. The number of methoxy groups -OCH3 is 1. The lowest BCUT2D eigenvalue weighted by Gasteiger charge is -2.38. The molecule has 0 spiro atoms. The molecule has 2 aromatic carbocycles. The number of H-pyrrole nitrogens is 1. The average molecular weight is 522 g/mol. The molecule has 1 saturated heterocycles. The molecule has 4 aromatic rings. The first-order valence-electron chi connectivity index (χ1n) is 12.5. The van der Waals surface area contributed by atoms with E-state index in [9.17, 15) is 4.79 Å². The number of hydrogen-bond acceptors (Lipinski definition) is 7. The SMILES string of the molecule is COCCn1nnnc1C(c1cc2cc(C)cc(C)c2[nH]c1=O)N1CCN(Cc2ccc(Cl)cc2)CC1. The topological polar surface area (TPSA) is 92.2 Å². The standard InChI is InChI=1S/C27H32ClN7O2/c1-18-14-19(2)24-21(15-18)16-23(27(36)29-24)25(26-30-31-32-35(26)12-13-37-3)34-10-8-33(9-11-34)17-20-4-6-22(28)7-5-20/h4-7,14-16,25H,8-13,17H2,1-3H3,(H,29,36). The summed E-state index contributed by atoms with van der Waals surface area (Å²) in [6, 6.07) is 13.8. The van der Waals surface area contributed by atoms with Gasteiger partial charge in [-0.3, -0.25) is 14.6 Å². The smallest absolute Gasteiger partial charge is 0.253 e. The number of aromatic amines is 1. The quantitative estimate of drug-likeness (QED) is 0.380. The summed E-state index contributed by atoms with van der Waals surface area (Å²) in [7, 11) is 1.65. The maximum Gasteiger partial charge on any atom is 0.253 e. The van der Waals surface area contributed by atoms with E-state index in [0.717, 1.165) is 59.8 Å². The van der Waals surface area contributed by atoms with Gasteiger partial charge in [0.25, 0.3) is 5.56 Å². The van der Waals surface area contributed by atoms with Gasteiger partial charge in [-0.25, -0.2) is 4.68 Å². The summed E-state index contributed by atoms with van der Waals surface area (Å²) in [6.45, 7) is 9.22. The van der Waals surface area contributed by atoms with Crippen LogP contribution in [-0.2, 0) is 17.8 Å². The van der Waals surface area contributed by atoms with Gasteiger partial charge in [-0.05, 0) is 65.1 Å². The molecule has 3 heterocycles. The van der Waals surface area contributed by atoms with E-state index in [1.165, 1.54) is 5.56 Å². The summed E-state index contributed by atoms with van der Waals surface area (Å²) < 4.78 is 7.02. The van der Waals surface area contributed by atoms with Crippen molar-refractivity contribution in [3.8, 4) is 0 Å². The minimum Gasteiger partial charge on any atom is -0.383 e. The van der Waals surface area contributed by atoms with Crippen molar-refractivity contribution in [2.24, 2.45) is 0 Å². The highest BCUT2D eigenvalue weighted by atomic mass is 35.5. The van der Waals surface area contributed by atoms with Gasteiger partial charge in [0, 0.05) is 50.4 Å². The van der Waals surface area contributed by atoms with Crippen molar-refractivity contribution in [1.82, 2.24) is 35.0 Å². The third kappa shape index (κ3) is 5.60. The van der Waals surface area contributed by atoms with Gasteiger partial charge in [-0.15, -0.1) is 5.10 Å². The number of aromatic nitrogens is 5. The lowest BCUT2D eigenvalue weighted by Crippen LogP contribution is -2.48. The first-order valence-corrected chi connectivity index (χ1v) is 12.9. The van der Waals surface area contributed by atoms with Gasteiger partial charge in [-0.1, -0.05) is 35.4 Å². The molecule has 1 N–H and O–H groups in total. The Kier molecular flexibility index (Phi) is 7.66. The molecule has 0 radical (unpaired) electrons. The summed E-state index contributed by atoms with van der Waals surface area (Å²) in [6.07, 6.45) is 0. The number of rotatable bonds is 8. The summed E-state index contributed by atoms with van der Waals surface area (Å²) in [5, 5.41) is 14.3. The first kappa shape index (κ1) is 25.5. The number of ether oxygens (including phenoxy) is 1. The van der Waals surface area contributed by atoms with Crippen molar-refractivity contribution in [1.29, 1.82) is 0 Å². The molecule has 1 fully saturated rings. The Balaban J connectivity index is 1.47. The highest BCUT2D eigenvalue weighted by Crippen LogP contribution is 2.29. The Morgan fingerprint density at radius 3 is 2.57 bits per heavy atom.